The van der Waals surface area contributed by atoms with E-state index in [0.717, 1.165) is 11.8 Å². The van der Waals surface area contributed by atoms with Crippen molar-refractivity contribution in [3.63, 3.8) is 0 Å². The molecule has 1 aliphatic rings. The SMILES string of the molecule is CC[C@H](CC=O)[C@]1(C)N=C(c2ccccc2)OC1=O. The molecule has 0 bridgehead atoms. The van der Waals surface area contributed by atoms with Gasteiger partial charge in [0.05, 0.1) is 0 Å². The Bertz CT molecular complexity index is 509. The van der Waals surface area contributed by atoms with Gasteiger partial charge in [0, 0.05) is 17.9 Å². The molecular formula is C15H17NO3. The van der Waals surface area contributed by atoms with E-state index in [1.54, 1.807) is 6.92 Å². The summed E-state index contributed by atoms with van der Waals surface area (Å²) < 4.78 is 5.29. The molecule has 0 radical (unpaired) electrons. The first-order valence-electron chi connectivity index (χ1n) is 6.43. The molecule has 1 aliphatic heterocycles. The quantitative estimate of drug-likeness (QED) is 0.602. The molecule has 0 saturated heterocycles. The highest BCUT2D eigenvalue weighted by atomic mass is 16.6. The van der Waals surface area contributed by atoms with Crippen molar-refractivity contribution >= 4 is 18.2 Å². The number of ether oxygens (including phenoxy) is 1. The second-order valence-electron chi connectivity index (χ2n) is 4.83. The van der Waals surface area contributed by atoms with Crippen molar-refractivity contribution in [1.82, 2.24) is 0 Å². The molecule has 4 nitrogen and oxygen atoms in total. The van der Waals surface area contributed by atoms with Crippen LogP contribution in [0.15, 0.2) is 35.3 Å². The number of hydrogen-bond acceptors (Lipinski definition) is 4. The van der Waals surface area contributed by atoms with Crippen LogP contribution in [0.2, 0.25) is 0 Å². The molecular weight excluding hydrogens is 242 g/mol. The summed E-state index contributed by atoms with van der Waals surface area (Å²) >= 11 is 0. The predicted molar refractivity (Wildman–Crippen MR) is 71.9 cm³/mol. The summed E-state index contributed by atoms with van der Waals surface area (Å²) in [6.45, 7) is 3.69. The summed E-state index contributed by atoms with van der Waals surface area (Å²) in [5, 5.41) is 0. The van der Waals surface area contributed by atoms with E-state index in [-0.39, 0.29) is 11.9 Å². The molecule has 0 fully saturated rings. The minimum atomic E-state index is -0.958. The van der Waals surface area contributed by atoms with Crippen LogP contribution in [0.4, 0.5) is 0 Å². The maximum Gasteiger partial charge on any atom is 0.340 e. The topological polar surface area (TPSA) is 55.7 Å². The first kappa shape index (κ1) is 13.5. The lowest BCUT2D eigenvalue weighted by Crippen LogP contribution is -2.38. The number of esters is 1. The van der Waals surface area contributed by atoms with Crippen LogP contribution >= 0.6 is 0 Å². The molecule has 1 heterocycles. The maximum absolute atomic E-state index is 12.1. The number of rotatable bonds is 5. The Hall–Kier alpha value is -1.97. The summed E-state index contributed by atoms with van der Waals surface area (Å²) in [6, 6.07) is 9.31. The molecule has 1 aromatic rings. The highest BCUT2D eigenvalue weighted by Crippen LogP contribution is 2.33. The lowest BCUT2D eigenvalue weighted by molar-refractivity contribution is -0.140. The van der Waals surface area contributed by atoms with Gasteiger partial charge >= 0.3 is 5.97 Å². The average Bonchev–Trinajstić information content (AvgIpc) is 2.74. The molecule has 0 aromatic heterocycles. The number of carbonyl (C=O) groups excluding carboxylic acids is 2. The highest BCUT2D eigenvalue weighted by Gasteiger charge is 2.47. The minimum absolute atomic E-state index is 0.126. The number of carbonyl (C=O) groups is 2. The second kappa shape index (κ2) is 5.34. The lowest BCUT2D eigenvalue weighted by Gasteiger charge is -2.24. The van der Waals surface area contributed by atoms with Gasteiger partial charge in [0.25, 0.3) is 0 Å². The Morgan fingerprint density at radius 3 is 2.63 bits per heavy atom. The predicted octanol–water partition coefficient (Wildman–Crippen LogP) is 2.36. The number of nitrogens with zero attached hydrogens (tertiary/aromatic N) is 1. The van der Waals surface area contributed by atoms with E-state index >= 15 is 0 Å². The third kappa shape index (κ3) is 2.43. The number of aliphatic imine (C=N–C) groups is 1. The van der Waals surface area contributed by atoms with Gasteiger partial charge in [-0.1, -0.05) is 25.1 Å². The average molecular weight is 259 g/mol. The van der Waals surface area contributed by atoms with Gasteiger partial charge in [0.1, 0.15) is 6.29 Å². The molecule has 0 spiro atoms. The van der Waals surface area contributed by atoms with Gasteiger partial charge in [-0.15, -0.1) is 0 Å². The van der Waals surface area contributed by atoms with Gasteiger partial charge in [-0.2, -0.15) is 0 Å². The fourth-order valence-electron chi connectivity index (χ4n) is 2.34. The van der Waals surface area contributed by atoms with E-state index in [9.17, 15) is 9.59 Å². The largest absolute Gasteiger partial charge is 0.405 e. The van der Waals surface area contributed by atoms with Gasteiger partial charge in [-0.05, 0) is 25.5 Å². The molecule has 4 heteroatoms. The molecule has 0 saturated carbocycles. The van der Waals surface area contributed by atoms with Gasteiger partial charge < -0.3 is 9.53 Å². The Morgan fingerprint density at radius 1 is 1.37 bits per heavy atom. The minimum Gasteiger partial charge on any atom is -0.405 e. The fraction of sp³-hybridized carbons (Fsp3) is 0.400. The van der Waals surface area contributed by atoms with Crippen LogP contribution < -0.4 is 0 Å². The molecule has 1 aromatic carbocycles. The molecule has 0 amide bonds. The Morgan fingerprint density at radius 2 is 2.05 bits per heavy atom. The van der Waals surface area contributed by atoms with E-state index in [4.69, 9.17) is 4.74 Å². The fourth-order valence-corrected chi connectivity index (χ4v) is 2.34. The maximum atomic E-state index is 12.1. The Labute approximate surface area is 112 Å². The second-order valence-corrected chi connectivity index (χ2v) is 4.83. The van der Waals surface area contributed by atoms with Crippen molar-refractivity contribution in [1.29, 1.82) is 0 Å². The van der Waals surface area contributed by atoms with Gasteiger partial charge in [-0.3, -0.25) is 0 Å². The van der Waals surface area contributed by atoms with Gasteiger partial charge in [0.15, 0.2) is 5.54 Å². The first-order chi connectivity index (χ1) is 9.11. The van der Waals surface area contributed by atoms with Crippen LogP contribution in [-0.4, -0.2) is 23.7 Å². The van der Waals surface area contributed by atoms with Crippen LogP contribution in [-0.2, 0) is 14.3 Å². The Balaban J connectivity index is 2.34. The number of benzene rings is 1. The summed E-state index contributed by atoms with van der Waals surface area (Å²) in [6.07, 6.45) is 1.85. The lowest BCUT2D eigenvalue weighted by atomic mass is 9.82. The third-order valence-electron chi connectivity index (χ3n) is 3.63. The first-order valence-corrected chi connectivity index (χ1v) is 6.43. The number of hydrogen-bond donors (Lipinski definition) is 0. The van der Waals surface area contributed by atoms with Crippen LogP contribution in [0.5, 0.6) is 0 Å². The number of cyclic esters (lactones) is 1. The molecule has 100 valence electrons. The van der Waals surface area contributed by atoms with Crippen LogP contribution in [0.25, 0.3) is 0 Å². The zero-order chi connectivity index (χ0) is 13.9. The number of aldehydes is 1. The molecule has 0 aliphatic carbocycles. The molecule has 2 rings (SSSR count). The zero-order valence-corrected chi connectivity index (χ0v) is 11.1. The van der Waals surface area contributed by atoms with Crippen molar-refractivity contribution in [3.05, 3.63) is 35.9 Å². The van der Waals surface area contributed by atoms with Crippen molar-refractivity contribution in [2.24, 2.45) is 10.9 Å². The van der Waals surface area contributed by atoms with E-state index in [1.807, 2.05) is 37.3 Å². The van der Waals surface area contributed by atoms with Crippen molar-refractivity contribution < 1.29 is 14.3 Å². The highest BCUT2D eigenvalue weighted by molar-refractivity contribution is 6.07. The Kier molecular flexibility index (Phi) is 3.79. The summed E-state index contributed by atoms with van der Waals surface area (Å²) in [5.41, 5.74) is -0.179. The molecule has 0 unspecified atom stereocenters. The molecule has 0 N–H and O–H groups in total. The summed E-state index contributed by atoms with van der Waals surface area (Å²) in [5.74, 6) is -0.156. The van der Waals surface area contributed by atoms with Crippen LogP contribution in [0.3, 0.4) is 0 Å². The van der Waals surface area contributed by atoms with Crippen molar-refractivity contribution in [2.75, 3.05) is 0 Å². The van der Waals surface area contributed by atoms with Crippen LogP contribution in [0, 0.1) is 5.92 Å². The van der Waals surface area contributed by atoms with E-state index in [0.29, 0.717) is 18.7 Å². The standard InChI is InChI=1S/C15H17NO3/c1-3-12(9-10-17)15(2)14(18)19-13(16-15)11-7-5-4-6-8-11/h4-8,10,12H,3,9H2,1-2H3/t12-,15+/m1/s1. The van der Waals surface area contributed by atoms with Crippen molar-refractivity contribution in [3.8, 4) is 0 Å². The smallest absolute Gasteiger partial charge is 0.340 e. The van der Waals surface area contributed by atoms with E-state index < -0.39 is 5.54 Å². The normalized spacial score (nSPS) is 23.7. The van der Waals surface area contributed by atoms with Gasteiger partial charge in [-0.25, -0.2) is 9.79 Å². The van der Waals surface area contributed by atoms with E-state index in [2.05, 4.69) is 4.99 Å². The monoisotopic (exact) mass is 259 g/mol. The zero-order valence-electron chi connectivity index (χ0n) is 11.1. The van der Waals surface area contributed by atoms with E-state index in [1.165, 1.54) is 0 Å². The van der Waals surface area contributed by atoms with Gasteiger partial charge in [0.2, 0.25) is 5.90 Å². The molecule has 2 atom stereocenters. The molecule has 19 heavy (non-hydrogen) atoms. The third-order valence-corrected chi connectivity index (χ3v) is 3.63. The summed E-state index contributed by atoms with van der Waals surface area (Å²) in [7, 11) is 0. The van der Waals surface area contributed by atoms with Crippen molar-refractivity contribution in [2.45, 2.75) is 32.2 Å². The summed E-state index contributed by atoms with van der Waals surface area (Å²) in [4.78, 5) is 27.3. The van der Waals surface area contributed by atoms with Crippen LogP contribution in [0.1, 0.15) is 32.3 Å².